The molecule has 0 radical (unpaired) electrons. The molecule has 0 aliphatic rings. The number of aromatic nitrogens is 1. The first-order valence-electron chi connectivity index (χ1n) is 11.3. The minimum atomic E-state index is 0.188. The number of hydrogen-bond donors (Lipinski definition) is 0. The number of fused-ring (bicyclic) bond motifs is 1. The molecule has 0 unspecified atom stereocenters. The molecule has 0 saturated carbocycles. The number of pyridine rings is 1. The Balaban J connectivity index is 0.00000129. The Morgan fingerprint density at radius 2 is 1.84 bits per heavy atom. The van der Waals surface area contributed by atoms with E-state index in [0.717, 1.165) is 40.7 Å². The van der Waals surface area contributed by atoms with Crippen molar-refractivity contribution in [3.63, 3.8) is 0 Å². The number of carbonyl (C=O) groups is 1. The molecule has 3 aromatic rings. The standard InChI is InChI=1S/C21H22N2O.CH4.2H2/c1-23(2)14-8-13-21(24)18-15-20(16-9-4-3-5-10-16)22-19-12-7-6-11-17(18)19;;;/h3-7,9-12,15H,8,13-14H2,1-2H3;1H4;2*1H/i;1D;2*1+1D. The second kappa shape index (κ2) is 8.54. The van der Waals surface area contributed by atoms with Gasteiger partial charge in [-0.2, -0.15) is 0 Å². The van der Waals surface area contributed by atoms with E-state index in [1.807, 2.05) is 74.8 Å². The van der Waals surface area contributed by atoms with Gasteiger partial charge in [-0.25, -0.2) is 4.98 Å². The summed E-state index contributed by atoms with van der Waals surface area (Å²) in [6.07, 6.45) is 1.42. The van der Waals surface area contributed by atoms with Crippen LogP contribution < -0.4 is 0 Å². The fourth-order valence-corrected chi connectivity index (χ4v) is 2.85. The average molecular weight is 344 g/mol. The van der Waals surface area contributed by atoms with Crippen molar-refractivity contribution in [2.75, 3.05) is 20.6 Å². The van der Waals surface area contributed by atoms with Crippen molar-refractivity contribution in [3.8, 4) is 11.3 Å². The molecule has 0 fully saturated rings. The molecule has 3 nitrogen and oxygen atoms in total. The molecule has 0 spiro atoms. The van der Waals surface area contributed by atoms with Crippen LogP contribution in [0.2, 0.25) is 0 Å². The van der Waals surface area contributed by atoms with Gasteiger partial charge in [-0.3, -0.25) is 4.79 Å². The lowest BCUT2D eigenvalue weighted by molar-refractivity contribution is 0.0979. The monoisotopic (exact) mass is 343 g/mol. The minimum absolute atomic E-state index is 0.188. The van der Waals surface area contributed by atoms with Gasteiger partial charge in [-0.05, 0) is 39.2 Å². The first-order valence-corrected chi connectivity index (χ1v) is 8.28. The van der Waals surface area contributed by atoms with E-state index in [-0.39, 0.29) is 5.78 Å². The van der Waals surface area contributed by atoms with Crippen molar-refractivity contribution in [1.29, 1.82) is 0 Å². The normalized spacial score (nSPS) is 11.6. The molecular weight excluding hydrogens is 308 g/mol. The highest BCUT2D eigenvalue weighted by molar-refractivity contribution is 6.08. The number of carbonyl (C=O) groups excluding carboxylic acids is 1. The van der Waals surface area contributed by atoms with Gasteiger partial charge in [0.15, 0.2) is 5.78 Å². The van der Waals surface area contributed by atoms with Crippen LogP contribution in [0, 0.1) is 0 Å². The highest BCUT2D eigenvalue weighted by atomic mass is 16.1. The first kappa shape index (κ1) is 14.8. The SMILES string of the molecule is CN(C)CCCC(=O)c1cc(-c2ccccc2)nc2ccccc12.[2H]C.[2H][2H].[2H][2H]. The van der Waals surface area contributed by atoms with Crippen molar-refractivity contribution < 1.29 is 12.1 Å². The molecule has 0 N–H and O–H groups in total. The average Bonchev–Trinajstić information content (AvgIpc) is 2.82. The lowest BCUT2D eigenvalue weighted by atomic mass is 9.99. The quantitative estimate of drug-likeness (QED) is 0.550. The second-order valence-corrected chi connectivity index (χ2v) is 6.27. The van der Waals surface area contributed by atoms with E-state index < -0.39 is 0 Å². The fraction of sp³-hybridized carbons (Fsp3) is 0.273. The Bertz CT molecular complexity index is 861. The van der Waals surface area contributed by atoms with E-state index in [1.54, 1.807) is 0 Å². The van der Waals surface area contributed by atoms with Gasteiger partial charge in [0.2, 0.25) is 0 Å². The van der Waals surface area contributed by atoms with Crippen LogP contribution in [0.3, 0.4) is 0 Å². The highest BCUT2D eigenvalue weighted by Gasteiger charge is 2.13. The maximum Gasteiger partial charge on any atom is 0.163 e. The fourth-order valence-electron chi connectivity index (χ4n) is 2.85. The second-order valence-electron chi connectivity index (χ2n) is 6.27. The topological polar surface area (TPSA) is 33.2 Å². The summed E-state index contributed by atoms with van der Waals surface area (Å²) < 4.78 is 25.8. The zero-order valence-electron chi connectivity index (χ0n) is 20.2. The van der Waals surface area contributed by atoms with Gasteiger partial charge in [0.1, 0.15) is 0 Å². The summed E-state index contributed by atoms with van der Waals surface area (Å²) >= 11 is 0. The lowest BCUT2D eigenvalue weighted by Gasteiger charge is -2.11. The summed E-state index contributed by atoms with van der Waals surface area (Å²) in [5.41, 5.74) is 3.53. The van der Waals surface area contributed by atoms with Gasteiger partial charge in [-0.1, -0.05) is 55.9 Å². The summed E-state index contributed by atoms with van der Waals surface area (Å²) in [6, 6.07) is 19.8. The molecule has 1 aromatic heterocycles. The van der Waals surface area contributed by atoms with Crippen LogP contribution in [0.1, 0.15) is 37.9 Å². The van der Waals surface area contributed by atoms with Crippen molar-refractivity contribution in [3.05, 3.63) is 66.2 Å². The van der Waals surface area contributed by atoms with Crippen LogP contribution in [-0.4, -0.2) is 36.3 Å². The Morgan fingerprint density at radius 1 is 1.16 bits per heavy atom. The van der Waals surface area contributed by atoms with E-state index in [9.17, 15) is 4.79 Å². The molecule has 2 aromatic carbocycles. The Morgan fingerprint density at radius 3 is 2.56 bits per heavy atom. The summed E-state index contributed by atoms with van der Waals surface area (Å²) in [4.78, 5) is 19.6. The van der Waals surface area contributed by atoms with Crippen LogP contribution in [-0.2, 0) is 0 Å². The van der Waals surface area contributed by atoms with Crippen LogP contribution in [0.5, 0.6) is 0 Å². The van der Waals surface area contributed by atoms with Gasteiger partial charge >= 0.3 is 0 Å². The summed E-state index contributed by atoms with van der Waals surface area (Å²) in [7, 11) is 5.31. The van der Waals surface area contributed by atoms with Crippen LogP contribution in [0.4, 0.5) is 0 Å². The number of Topliss-reactive ketones (excluding diaryl/α,β-unsaturated/α-hetero) is 1. The number of rotatable bonds is 6. The van der Waals surface area contributed by atoms with E-state index in [1.165, 1.54) is 7.40 Å². The van der Waals surface area contributed by atoms with Crippen LogP contribution >= 0.6 is 0 Å². The largest absolute Gasteiger partial charge is 0.309 e. The van der Waals surface area contributed by atoms with Gasteiger partial charge < -0.3 is 4.90 Å². The predicted octanol–water partition coefficient (Wildman–Crippen LogP) is 5.55. The Kier molecular flexibility index (Phi) is 5.05. The maximum absolute atomic E-state index is 12.8. The highest BCUT2D eigenvalue weighted by Crippen LogP contribution is 2.25. The third-order valence-electron chi connectivity index (χ3n) is 4.10. The molecule has 0 aliphatic heterocycles. The van der Waals surface area contributed by atoms with Gasteiger partial charge in [-0.15, -0.1) is 0 Å². The van der Waals surface area contributed by atoms with E-state index in [4.69, 9.17) is 12.3 Å². The zero-order valence-corrected chi connectivity index (χ0v) is 15.2. The molecular formula is C22H30N2O. The summed E-state index contributed by atoms with van der Waals surface area (Å²) in [6.45, 7) is 0.917. The molecule has 25 heavy (non-hydrogen) atoms. The number of ketones is 1. The van der Waals surface area contributed by atoms with Gasteiger partial charge in [0.25, 0.3) is 0 Å². The Hall–Kier alpha value is -2.52. The maximum atomic E-state index is 12.8. The molecule has 0 aliphatic carbocycles. The lowest BCUT2D eigenvalue weighted by Crippen LogP contribution is -2.14. The van der Waals surface area contributed by atoms with E-state index >= 15 is 0 Å². The van der Waals surface area contributed by atoms with Crippen LogP contribution in [0.25, 0.3) is 22.2 Å². The molecule has 0 bridgehead atoms. The smallest absolute Gasteiger partial charge is 0.163 e. The molecule has 1 heterocycles. The molecule has 0 amide bonds. The first-order chi connectivity index (χ1) is 14.6. The van der Waals surface area contributed by atoms with Crippen molar-refractivity contribution in [2.45, 2.75) is 20.2 Å². The van der Waals surface area contributed by atoms with E-state index in [2.05, 4.69) is 4.90 Å². The number of hydrogen-bond acceptors (Lipinski definition) is 3. The zero-order chi connectivity index (χ0) is 22.9. The van der Waals surface area contributed by atoms with Gasteiger partial charge in [0, 0.05) is 30.2 Å². The van der Waals surface area contributed by atoms with E-state index in [0.29, 0.717) is 6.42 Å². The minimum Gasteiger partial charge on any atom is -0.309 e. The molecule has 3 heteroatoms. The molecule has 134 valence electrons. The molecule has 3 rings (SSSR count). The van der Waals surface area contributed by atoms with Gasteiger partial charge in [0.05, 0.1) is 11.2 Å². The van der Waals surface area contributed by atoms with Crippen molar-refractivity contribution >= 4 is 16.7 Å². The third-order valence-corrected chi connectivity index (χ3v) is 4.10. The van der Waals surface area contributed by atoms with Crippen molar-refractivity contribution in [2.24, 2.45) is 0 Å². The Labute approximate surface area is 157 Å². The van der Waals surface area contributed by atoms with Crippen LogP contribution in [0.15, 0.2) is 60.7 Å². The predicted molar refractivity (Wildman–Crippen MR) is 110 cm³/mol. The number of benzene rings is 2. The molecule has 0 atom stereocenters. The van der Waals surface area contributed by atoms with Crippen molar-refractivity contribution in [1.82, 2.24) is 9.88 Å². The summed E-state index contributed by atoms with van der Waals surface area (Å²) in [5, 5.41) is 0.937. The third kappa shape index (κ3) is 4.52. The number of nitrogens with zero attached hydrogens (tertiary/aromatic N) is 2. The summed E-state index contributed by atoms with van der Waals surface area (Å²) in [5.74, 6) is 0.188. The molecule has 0 saturated heterocycles. The number of para-hydroxylation sites is 1.